The van der Waals surface area contributed by atoms with E-state index in [0.717, 1.165) is 6.42 Å². The SMILES string of the molecule is C[C@H]1[C@H](C)CCC[C@@H]1NC(=O)CN1CC[C@@H](C(=O)O)C1. The second-order valence-corrected chi connectivity index (χ2v) is 6.50. The molecule has 1 saturated carbocycles. The first-order valence-electron chi connectivity index (χ1n) is 7.72. The van der Waals surface area contributed by atoms with Crippen LogP contribution in [0.1, 0.15) is 39.5 Å². The molecule has 114 valence electrons. The fourth-order valence-corrected chi connectivity index (χ4v) is 3.42. The molecule has 0 bridgehead atoms. The lowest BCUT2D eigenvalue weighted by atomic mass is 9.78. The Morgan fingerprint density at radius 3 is 2.65 bits per heavy atom. The molecule has 1 aliphatic carbocycles. The van der Waals surface area contributed by atoms with Crippen LogP contribution in [-0.4, -0.2) is 47.6 Å². The summed E-state index contributed by atoms with van der Waals surface area (Å²) in [5.74, 6) is 0.177. The van der Waals surface area contributed by atoms with Gasteiger partial charge in [0, 0.05) is 12.6 Å². The van der Waals surface area contributed by atoms with Crippen LogP contribution < -0.4 is 5.32 Å². The van der Waals surface area contributed by atoms with Gasteiger partial charge in [0.25, 0.3) is 0 Å². The van der Waals surface area contributed by atoms with E-state index in [1.165, 1.54) is 12.8 Å². The summed E-state index contributed by atoms with van der Waals surface area (Å²) in [7, 11) is 0. The third-order valence-corrected chi connectivity index (χ3v) is 5.04. The molecule has 0 spiro atoms. The van der Waals surface area contributed by atoms with Crippen molar-refractivity contribution >= 4 is 11.9 Å². The van der Waals surface area contributed by atoms with E-state index in [9.17, 15) is 9.59 Å². The Balaban J connectivity index is 1.77. The number of hydrogen-bond acceptors (Lipinski definition) is 3. The maximum absolute atomic E-state index is 12.1. The van der Waals surface area contributed by atoms with Crippen molar-refractivity contribution < 1.29 is 14.7 Å². The van der Waals surface area contributed by atoms with Crippen molar-refractivity contribution in [2.24, 2.45) is 17.8 Å². The number of carboxylic acids is 1. The van der Waals surface area contributed by atoms with E-state index in [1.54, 1.807) is 0 Å². The Morgan fingerprint density at radius 2 is 2.00 bits per heavy atom. The van der Waals surface area contributed by atoms with Crippen LogP contribution >= 0.6 is 0 Å². The quantitative estimate of drug-likeness (QED) is 0.816. The van der Waals surface area contributed by atoms with Crippen molar-refractivity contribution in [1.29, 1.82) is 0 Å². The number of carboxylic acid groups (broad SMARTS) is 1. The summed E-state index contributed by atoms with van der Waals surface area (Å²) in [6, 6.07) is 0.282. The molecule has 2 N–H and O–H groups in total. The molecular formula is C15H26N2O3. The number of hydrogen-bond donors (Lipinski definition) is 2. The summed E-state index contributed by atoms with van der Waals surface area (Å²) in [4.78, 5) is 24.9. The largest absolute Gasteiger partial charge is 0.481 e. The first-order valence-corrected chi connectivity index (χ1v) is 7.72. The highest BCUT2D eigenvalue weighted by Gasteiger charge is 2.31. The summed E-state index contributed by atoms with van der Waals surface area (Å²) in [6.07, 6.45) is 4.15. The molecule has 0 aromatic rings. The molecule has 1 heterocycles. The molecule has 1 aliphatic heterocycles. The van der Waals surface area contributed by atoms with Gasteiger partial charge in [-0.3, -0.25) is 14.5 Å². The van der Waals surface area contributed by atoms with Crippen molar-refractivity contribution in [3.63, 3.8) is 0 Å². The zero-order valence-electron chi connectivity index (χ0n) is 12.5. The summed E-state index contributed by atoms with van der Waals surface area (Å²) < 4.78 is 0. The van der Waals surface area contributed by atoms with Gasteiger partial charge in [-0.15, -0.1) is 0 Å². The maximum atomic E-state index is 12.1. The highest BCUT2D eigenvalue weighted by molar-refractivity contribution is 5.78. The standard InChI is InChI=1S/C15H26N2O3/c1-10-4-3-5-13(11(10)2)16-14(18)9-17-7-6-12(8-17)15(19)20/h10-13H,3-9H2,1-2H3,(H,16,18)(H,19,20)/t10-,11+,12-,13+/m1/s1. The highest BCUT2D eigenvalue weighted by atomic mass is 16.4. The third kappa shape index (κ3) is 3.72. The second kappa shape index (κ2) is 6.57. The number of rotatable bonds is 4. The second-order valence-electron chi connectivity index (χ2n) is 6.50. The van der Waals surface area contributed by atoms with Gasteiger partial charge in [0.05, 0.1) is 12.5 Å². The van der Waals surface area contributed by atoms with E-state index in [1.807, 2.05) is 4.90 Å². The number of nitrogens with zero attached hydrogens (tertiary/aromatic N) is 1. The van der Waals surface area contributed by atoms with E-state index in [-0.39, 0.29) is 17.9 Å². The summed E-state index contributed by atoms with van der Waals surface area (Å²) >= 11 is 0. The topological polar surface area (TPSA) is 69.6 Å². The van der Waals surface area contributed by atoms with Crippen LogP contribution in [0.5, 0.6) is 0 Å². The number of carbonyl (C=O) groups excluding carboxylic acids is 1. The fourth-order valence-electron chi connectivity index (χ4n) is 3.42. The van der Waals surface area contributed by atoms with Gasteiger partial charge in [0.1, 0.15) is 0 Å². The average molecular weight is 282 g/mol. The molecule has 20 heavy (non-hydrogen) atoms. The van der Waals surface area contributed by atoms with Crippen LogP contribution in [0.2, 0.25) is 0 Å². The van der Waals surface area contributed by atoms with Crippen LogP contribution in [-0.2, 0) is 9.59 Å². The summed E-state index contributed by atoms with van der Waals surface area (Å²) in [6.45, 7) is 6.01. The van der Waals surface area contributed by atoms with Crippen molar-refractivity contribution in [3.8, 4) is 0 Å². The first-order chi connectivity index (χ1) is 9.47. The number of aliphatic carboxylic acids is 1. The van der Waals surface area contributed by atoms with Crippen LogP contribution in [0, 0.1) is 17.8 Å². The van der Waals surface area contributed by atoms with Crippen molar-refractivity contribution in [3.05, 3.63) is 0 Å². The minimum atomic E-state index is -0.748. The lowest BCUT2D eigenvalue weighted by Crippen LogP contribution is -2.47. The van der Waals surface area contributed by atoms with Gasteiger partial charge < -0.3 is 10.4 Å². The third-order valence-electron chi connectivity index (χ3n) is 5.04. The molecule has 4 atom stereocenters. The molecule has 1 amide bonds. The Kier molecular flexibility index (Phi) is 5.02. The van der Waals surface area contributed by atoms with Crippen molar-refractivity contribution in [2.45, 2.75) is 45.6 Å². The molecule has 0 radical (unpaired) electrons. The number of nitrogens with one attached hydrogen (secondary N) is 1. The van der Waals surface area contributed by atoms with Gasteiger partial charge in [-0.1, -0.05) is 26.7 Å². The summed E-state index contributed by atoms with van der Waals surface area (Å²) in [5, 5.41) is 12.1. The van der Waals surface area contributed by atoms with Gasteiger partial charge in [-0.25, -0.2) is 0 Å². The lowest BCUT2D eigenvalue weighted by Gasteiger charge is -2.35. The minimum Gasteiger partial charge on any atom is -0.481 e. The first kappa shape index (κ1) is 15.3. The van der Waals surface area contributed by atoms with Crippen LogP contribution in [0.4, 0.5) is 0 Å². The number of amides is 1. The molecular weight excluding hydrogens is 256 g/mol. The van der Waals surface area contributed by atoms with Gasteiger partial charge in [0.2, 0.25) is 5.91 Å². The van der Waals surface area contributed by atoms with E-state index in [2.05, 4.69) is 19.2 Å². The molecule has 2 fully saturated rings. The molecule has 0 aromatic heterocycles. The molecule has 2 aliphatic rings. The summed E-state index contributed by atoms with van der Waals surface area (Å²) in [5.41, 5.74) is 0. The van der Waals surface area contributed by atoms with E-state index >= 15 is 0 Å². The van der Waals surface area contributed by atoms with Gasteiger partial charge in [-0.05, 0) is 31.2 Å². The molecule has 5 heteroatoms. The fraction of sp³-hybridized carbons (Fsp3) is 0.867. The van der Waals surface area contributed by atoms with Crippen LogP contribution in [0.3, 0.4) is 0 Å². The number of carbonyl (C=O) groups is 2. The van der Waals surface area contributed by atoms with Crippen LogP contribution in [0.25, 0.3) is 0 Å². The zero-order valence-corrected chi connectivity index (χ0v) is 12.5. The molecule has 0 unspecified atom stereocenters. The van der Waals surface area contributed by atoms with Gasteiger partial charge >= 0.3 is 5.97 Å². The highest BCUT2D eigenvalue weighted by Crippen LogP contribution is 2.29. The molecule has 5 nitrogen and oxygen atoms in total. The van der Waals surface area contributed by atoms with Crippen molar-refractivity contribution in [1.82, 2.24) is 10.2 Å². The number of likely N-dealkylation sites (tertiary alicyclic amines) is 1. The predicted octanol–water partition coefficient (Wildman–Crippen LogP) is 1.33. The smallest absolute Gasteiger partial charge is 0.307 e. The molecule has 1 saturated heterocycles. The maximum Gasteiger partial charge on any atom is 0.307 e. The van der Waals surface area contributed by atoms with E-state index in [4.69, 9.17) is 5.11 Å². The van der Waals surface area contributed by atoms with Gasteiger partial charge in [-0.2, -0.15) is 0 Å². The lowest BCUT2D eigenvalue weighted by molar-refractivity contribution is -0.141. The average Bonchev–Trinajstić information content (AvgIpc) is 2.83. The minimum absolute atomic E-state index is 0.0435. The van der Waals surface area contributed by atoms with E-state index < -0.39 is 5.97 Å². The molecule has 0 aromatic carbocycles. The Hall–Kier alpha value is -1.10. The Bertz CT molecular complexity index is 372. The monoisotopic (exact) mass is 282 g/mol. The zero-order chi connectivity index (χ0) is 14.7. The van der Waals surface area contributed by atoms with Crippen LogP contribution in [0.15, 0.2) is 0 Å². The Labute approximate surface area is 120 Å². The van der Waals surface area contributed by atoms with Gasteiger partial charge in [0.15, 0.2) is 0 Å². The van der Waals surface area contributed by atoms with Crippen molar-refractivity contribution in [2.75, 3.05) is 19.6 Å². The van der Waals surface area contributed by atoms with E-state index in [0.29, 0.717) is 37.9 Å². The normalized spacial score (nSPS) is 34.9. The molecule has 2 rings (SSSR count). The Morgan fingerprint density at radius 1 is 1.25 bits per heavy atom. The predicted molar refractivity (Wildman–Crippen MR) is 76.3 cm³/mol.